The lowest BCUT2D eigenvalue weighted by molar-refractivity contribution is 0.0937. The quantitative estimate of drug-likeness (QED) is 0.568. The monoisotopic (exact) mass is 423 g/mol. The van der Waals surface area contributed by atoms with E-state index in [0.717, 1.165) is 12.0 Å². The fourth-order valence-corrected chi connectivity index (χ4v) is 3.19. The summed E-state index contributed by atoms with van der Waals surface area (Å²) in [6.07, 6.45) is 4.26. The van der Waals surface area contributed by atoms with Gasteiger partial charge in [-0.2, -0.15) is 4.98 Å². The maximum Gasteiger partial charge on any atom is 0.258 e. The second-order valence-electron chi connectivity index (χ2n) is 8.27. The minimum Gasteiger partial charge on any atom is -0.383 e. The van der Waals surface area contributed by atoms with E-state index in [4.69, 9.17) is 4.74 Å². The standard InChI is InChI=1S/C23H29N5O3/c1-6-15-7-9-16(10-8-15)20(29)27-22-25-13-17-18(21(30)24-11-12-31-5)14-28(19(17)26-22)23(2,3)4/h7-10,13-14H,6,11-12H2,1-5H3,(H,24,30)(H,25,26,27,29). The number of amides is 2. The maximum absolute atomic E-state index is 12.7. The van der Waals surface area contributed by atoms with Gasteiger partial charge in [0.1, 0.15) is 5.65 Å². The molecular weight excluding hydrogens is 394 g/mol. The van der Waals surface area contributed by atoms with Crippen LogP contribution in [-0.2, 0) is 16.7 Å². The van der Waals surface area contributed by atoms with Crippen molar-refractivity contribution in [3.63, 3.8) is 0 Å². The number of rotatable bonds is 7. The Labute approximate surface area is 182 Å². The highest BCUT2D eigenvalue weighted by Crippen LogP contribution is 2.27. The molecule has 3 aromatic rings. The third-order valence-electron chi connectivity index (χ3n) is 4.95. The molecule has 0 spiro atoms. The van der Waals surface area contributed by atoms with Crippen molar-refractivity contribution in [2.75, 3.05) is 25.6 Å². The van der Waals surface area contributed by atoms with Crippen LogP contribution in [0.25, 0.3) is 11.0 Å². The van der Waals surface area contributed by atoms with Crippen LogP contribution in [0, 0.1) is 0 Å². The number of benzene rings is 1. The van der Waals surface area contributed by atoms with Crippen molar-refractivity contribution in [2.24, 2.45) is 0 Å². The zero-order valence-electron chi connectivity index (χ0n) is 18.7. The Morgan fingerprint density at radius 1 is 1.13 bits per heavy atom. The van der Waals surface area contributed by atoms with Gasteiger partial charge in [-0.3, -0.25) is 14.9 Å². The topological polar surface area (TPSA) is 98.1 Å². The van der Waals surface area contributed by atoms with Gasteiger partial charge in [0.25, 0.3) is 11.8 Å². The number of methoxy groups -OCH3 is 1. The Bertz CT molecular complexity index is 1080. The van der Waals surface area contributed by atoms with Gasteiger partial charge in [0.05, 0.1) is 17.6 Å². The van der Waals surface area contributed by atoms with E-state index in [-0.39, 0.29) is 23.3 Å². The molecule has 0 aliphatic heterocycles. The predicted molar refractivity (Wildman–Crippen MR) is 121 cm³/mol. The van der Waals surface area contributed by atoms with Gasteiger partial charge in [0, 0.05) is 37.2 Å². The van der Waals surface area contributed by atoms with Crippen LogP contribution in [0.3, 0.4) is 0 Å². The zero-order chi connectivity index (χ0) is 22.6. The molecule has 0 saturated carbocycles. The summed E-state index contributed by atoms with van der Waals surface area (Å²) in [4.78, 5) is 34.1. The Hall–Kier alpha value is -3.26. The fourth-order valence-electron chi connectivity index (χ4n) is 3.19. The molecule has 0 radical (unpaired) electrons. The molecule has 164 valence electrons. The van der Waals surface area contributed by atoms with E-state index < -0.39 is 0 Å². The van der Waals surface area contributed by atoms with Crippen LogP contribution in [0.4, 0.5) is 5.95 Å². The lowest BCUT2D eigenvalue weighted by Crippen LogP contribution is -2.27. The van der Waals surface area contributed by atoms with Gasteiger partial charge in [0.2, 0.25) is 5.95 Å². The molecule has 2 aromatic heterocycles. The number of carbonyl (C=O) groups excluding carboxylic acids is 2. The van der Waals surface area contributed by atoms with Crippen LogP contribution < -0.4 is 10.6 Å². The highest BCUT2D eigenvalue weighted by atomic mass is 16.5. The third kappa shape index (κ3) is 5.08. The summed E-state index contributed by atoms with van der Waals surface area (Å²) in [6, 6.07) is 7.43. The Morgan fingerprint density at radius 2 is 1.84 bits per heavy atom. The van der Waals surface area contributed by atoms with E-state index in [2.05, 4.69) is 27.5 Å². The van der Waals surface area contributed by atoms with Crippen LogP contribution >= 0.6 is 0 Å². The first-order valence-corrected chi connectivity index (χ1v) is 10.3. The van der Waals surface area contributed by atoms with Crippen LogP contribution in [0.1, 0.15) is 54.0 Å². The number of anilines is 1. The van der Waals surface area contributed by atoms with E-state index in [1.807, 2.05) is 37.5 Å². The summed E-state index contributed by atoms with van der Waals surface area (Å²) >= 11 is 0. The molecule has 8 heteroatoms. The molecule has 0 atom stereocenters. The molecule has 0 aliphatic rings. The molecule has 31 heavy (non-hydrogen) atoms. The minimum absolute atomic E-state index is 0.187. The lowest BCUT2D eigenvalue weighted by atomic mass is 10.1. The number of hydrogen-bond acceptors (Lipinski definition) is 5. The van der Waals surface area contributed by atoms with Gasteiger partial charge in [-0.15, -0.1) is 0 Å². The average Bonchev–Trinajstić information content (AvgIpc) is 3.13. The van der Waals surface area contributed by atoms with Crippen molar-refractivity contribution < 1.29 is 14.3 Å². The summed E-state index contributed by atoms with van der Waals surface area (Å²) in [5, 5.41) is 6.21. The third-order valence-corrected chi connectivity index (χ3v) is 4.95. The molecule has 2 N–H and O–H groups in total. The summed E-state index contributed by atoms with van der Waals surface area (Å²) in [5.41, 5.74) is 2.43. The second kappa shape index (κ2) is 9.26. The van der Waals surface area contributed by atoms with Crippen LogP contribution in [0.5, 0.6) is 0 Å². The number of aryl methyl sites for hydroxylation is 1. The number of nitrogens with zero attached hydrogens (tertiary/aromatic N) is 3. The highest BCUT2D eigenvalue weighted by Gasteiger charge is 2.23. The van der Waals surface area contributed by atoms with Gasteiger partial charge in [0.15, 0.2) is 0 Å². The first-order chi connectivity index (χ1) is 14.7. The largest absolute Gasteiger partial charge is 0.383 e. The van der Waals surface area contributed by atoms with Crippen molar-refractivity contribution in [2.45, 2.75) is 39.7 Å². The van der Waals surface area contributed by atoms with Gasteiger partial charge in [-0.05, 0) is 44.9 Å². The van der Waals surface area contributed by atoms with Crippen molar-refractivity contribution in [3.8, 4) is 0 Å². The van der Waals surface area contributed by atoms with Crippen molar-refractivity contribution in [1.29, 1.82) is 0 Å². The molecule has 2 amide bonds. The number of fused-ring (bicyclic) bond motifs is 1. The van der Waals surface area contributed by atoms with Crippen molar-refractivity contribution >= 4 is 28.8 Å². The molecule has 0 unspecified atom stereocenters. The van der Waals surface area contributed by atoms with Gasteiger partial charge >= 0.3 is 0 Å². The number of aromatic nitrogens is 3. The molecule has 1 aromatic carbocycles. The Balaban J connectivity index is 1.92. The van der Waals surface area contributed by atoms with Crippen LogP contribution in [0.15, 0.2) is 36.7 Å². The summed E-state index contributed by atoms with van der Waals surface area (Å²) in [6.45, 7) is 8.96. The predicted octanol–water partition coefficient (Wildman–Crippen LogP) is 3.38. The molecular formula is C23H29N5O3. The zero-order valence-corrected chi connectivity index (χ0v) is 18.7. The van der Waals surface area contributed by atoms with Crippen molar-refractivity contribution in [3.05, 3.63) is 53.3 Å². The molecule has 0 fully saturated rings. The number of carbonyl (C=O) groups is 2. The van der Waals surface area contributed by atoms with E-state index in [1.165, 1.54) is 0 Å². The van der Waals surface area contributed by atoms with Gasteiger partial charge in [-0.25, -0.2) is 4.98 Å². The molecule has 0 bridgehead atoms. The molecule has 8 nitrogen and oxygen atoms in total. The normalized spacial score (nSPS) is 11.5. The maximum atomic E-state index is 12.7. The second-order valence-corrected chi connectivity index (χ2v) is 8.27. The Morgan fingerprint density at radius 3 is 2.45 bits per heavy atom. The number of nitrogens with one attached hydrogen (secondary N) is 2. The SMILES string of the molecule is CCc1ccc(C(=O)Nc2ncc3c(C(=O)NCCOC)cn(C(C)(C)C)c3n2)cc1. The minimum atomic E-state index is -0.324. The van der Waals surface area contributed by atoms with E-state index >= 15 is 0 Å². The summed E-state index contributed by atoms with van der Waals surface area (Å²) < 4.78 is 6.91. The summed E-state index contributed by atoms with van der Waals surface area (Å²) in [7, 11) is 1.58. The van der Waals surface area contributed by atoms with Crippen LogP contribution in [-0.4, -0.2) is 46.6 Å². The first kappa shape index (κ1) is 22.4. The number of hydrogen-bond donors (Lipinski definition) is 2. The fraction of sp³-hybridized carbons (Fsp3) is 0.391. The lowest BCUT2D eigenvalue weighted by Gasteiger charge is -2.22. The smallest absolute Gasteiger partial charge is 0.258 e. The van der Waals surface area contributed by atoms with Crippen molar-refractivity contribution in [1.82, 2.24) is 19.9 Å². The van der Waals surface area contributed by atoms with Gasteiger partial charge in [-0.1, -0.05) is 19.1 Å². The first-order valence-electron chi connectivity index (χ1n) is 10.3. The highest BCUT2D eigenvalue weighted by molar-refractivity contribution is 6.07. The van der Waals surface area contributed by atoms with Gasteiger partial charge < -0.3 is 14.6 Å². The molecule has 0 saturated heterocycles. The van der Waals surface area contributed by atoms with E-state index in [9.17, 15) is 9.59 Å². The molecule has 0 aliphatic carbocycles. The van der Waals surface area contributed by atoms with E-state index in [1.54, 1.807) is 31.6 Å². The summed E-state index contributed by atoms with van der Waals surface area (Å²) in [5.74, 6) is -0.318. The van der Waals surface area contributed by atoms with Crippen LogP contribution in [0.2, 0.25) is 0 Å². The average molecular weight is 424 g/mol. The molecule has 2 heterocycles. The van der Waals surface area contributed by atoms with E-state index in [0.29, 0.717) is 35.3 Å². The molecule has 3 rings (SSSR count). The number of ether oxygens (including phenoxy) is 1. The Kier molecular flexibility index (Phi) is 6.70.